The second kappa shape index (κ2) is 6.46. The molecule has 1 aliphatic rings. The van der Waals surface area contributed by atoms with Gasteiger partial charge in [0.1, 0.15) is 5.82 Å². The third-order valence-electron chi connectivity index (χ3n) is 4.38. The summed E-state index contributed by atoms with van der Waals surface area (Å²) in [6, 6.07) is 6.50. The smallest absolute Gasteiger partial charge is 0.317 e. The Hall–Kier alpha value is -1.58. The Morgan fingerprint density at radius 3 is 2.43 bits per heavy atom. The minimum absolute atomic E-state index is 0.0112. The molecule has 1 heterocycles. The molecule has 1 aromatic carbocycles. The van der Waals surface area contributed by atoms with Gasteiger partial charge in [-0.15, -0.1) is 0 Å². The molecule has 1 aromatic rings. The number of urea groups is 1. The number of rotatable bonds is 3. The van der Waals surface area contributed by atoms with Gasteiger partial charge in [-0.3, -0.25) is 0 Å². The van der Waals surface area contributed by atoms with E-state index >= 15 is 0 Å². The van der Waals surface area contributed by atoms with E-state index in [4.69, 9.17) is 0 Å². The highest BCUT2D eigenvalue weighted by Gasteiger charge is 2.24. The van der Waals surface area contributed by atoms with Crippen molar-refractivity contribution in [2.45, 2.75) is 39.0 Å². The summed E-state index contributed by atoms with van der Waals surface area (Å²) in [7, 11) is 0. The molecule has 0 aromatic heterocycles. The number of carbonyl (C=O) groups excluding carboxylic acids is 1. The van der Waals surface area contributed by atoms with Crippen molar-refractivity contribution in [3.05, 3.63) is 35.6 Å². The Kier molecular flexibility index (Phi) is 4.86. The lowest BCUT2D eigenvalue weighted by Crippen LogP contribution is -2.47. The highest BCUT2D eigenvalue weighted by atomic mass is 19.1. The molecule has 0 unspecified atom stereocenters. The Labute approximate surface area is 126 Å². The fourth-order valence-corrected chi connectivity index (χ4v) is 2.62. The fraction of sp³-hybridized carbons (Fsp3) is 0.588. The average Bonchev–Trinajstić information content (AvgIpc) is 2.46. The van der Waals surface area contributed by atoms with Crippen LogP contribution in [0, 0.1) is 11.7 Å². The SMILES string of the molecule is CC1CCN(C(=O)NCC(C)(C)c2ccc(F)cc2)CC1. The molecule has 0 atom stereocenters. The number of likely N-dealkylation sites (tertiary alicyclic amines) is 1. The zero-order chi connectivity index (χ0) is 15.5. The normalized spacial score (nSPS) is 16.9. The van der Waals surface area contributed by atoms with Gasteiger partial charge >= 0.3 is 6.03 Å². The monoisotopic (exact) mass is 292 g/mol. The molecule has 0 spiro atoms. The molecule has 1 N–H and O–H groups in total. The van der Waals surface area contributed by atoms with E-state index in [1.807, 2.05) is 4.90 Å². The van der Waals surface area contributed by atoms with E-state index in [-0.39, 0.29) is 17.3 Å². The highest BCUT2D eigenvalue weighted by molar-refractivity contribution is 5.74. The van der Waals surface area contributed by atoms with Crippen LogP contribution >= 0.6 is 0 Å². The van der Waals surface area contributed by atoms with Crippen molar-refractivity contribution >= 4 is 6.03 Å². The molecule has 0 bridgehead atoms. The van der Waals surface area contributed by atoms with E-state index < -0.39 is 0 Å². The van der Waals surface area contributed by atoms with Gasteiger partial charge in [0.25, 0.3) is 0 Å². The molecule has 3 nitrogen and oxygen atoms in total. The second-order valence-electron chi connectivity index (χ2n) is 6.72. The summed E-state index contributed by atoms with van der Waals surface area (Å²) in [5.74, 6) is 0.478. The number of piperidine rings is 1. The van der Waals surface area contributed by atoms with Gasteiger partial charge in [0.15, 0.2) is 0 Å². The van der Waals surface area contributed by atoms with Crippen molar-refractivity contribution in [1.82, 2.24) is 10.2 Å². The summed E-state index contributed by atoms with van der Waals surface area (Å²) < 4.78 is 13.0. The van der Waals surface area contributed by atoms with E-state index in [1.165, 1.54) is 12.1 Å². The van der Waals surface area contributed by atoms with Crippen LogP contribution in [0.15, 0.2) is 24.3 Å². The first-order valence-corrected chi connectivity index (χ1v) is 7.67. The maximum atomic E-state index is 13.0. The summed E-state index contributed by atoms with van der Waals surface area (Å²) in [6.07, 6.45) is 2.16. The van der Waals surface area contributed by atoms with Crippen LogP contribution in [-0.4, -0.2) is 30.6 Å². The van der Waals surface area contributed by atoms with Gasteiger partial charge in [-0.1, -0.05) is 32.9 Å². The third kappa shape index (κ3) is 4.19. The number of benzene rings is 1. The van der Waals surface area contributed by atoms with Crippen molar-refractivity contribution in [2.75, 3.05) is 19.6 Å². The lowest BCUT2D eigenvalue weighted by Gasteiger charge is -2.32. The molecule has 0 aliphatic carbocycles. The predicted octanol–water partition coefficient (Wildman–Crippen LogP) is 3.54. The van der Waals surface area contributed by atoms with Gasteiger partial charge in [-0.05, 0) is 36.5 Å². The van der Waals surface area contributed by atoms with E-state index in [0.29, 0.717) is 12.5 Å². The first-order chi connectivity index (χ1) is 9.88. The number of hydrogen-bond donors (Lipinski definition) is 1. The molecular weight excluding hydrogens is 267 g/mol. The summed E-state index contributed by atoms with van der Waals surface area (Å²) in [4.78, 5) is 14.1. The van der Waals surface area contributed by atoms with Crippen LogP contribution < -0.4 is 5.32 Å². The van der Waals surface area contributed by atoms with Gasteiger partial charge in [0.2, 0.25) is 0 Å². The van der Waals surface area contributed by atoms with Crippen molar-refractivity contribution in [2.24, 2.45) is 5.92 Å². The molecule has 2 rings (SSSR count). The molecule has 1 aliphatic heterocycles. The Morgan fingerprint density at radius 2 is 1.86 bits per heavy atom. The number of hydrogen-bond acceptors (Lipinski definition) is 1. The fourth-order valence-electron chi connectivity index (χ4n) is 2.62. The van der Waals surface area contributed by atoms with Gasteiger partial charge in [0, 0.05) is 25.0 Å². The van der Waals surface area contributed by atoms with Crippen LogP contribution in [0.25, 0.3) is 0 Å². The lowest BCUT2D eigenvalue weighted by atomic mass is 9.84. The number of nitrogens with one attached hydrogen (secondary N) is 1. The van der Waals surface area contributed by atoms with Crippen LogP contribution in [-0.2, 0) is 5.41 Å². The largest absolute Gasteiger partial charge is 0.337 e. The average molecular weight is 292 g/mol. The van der Waals surface area contributed by atoms with Crippen LogP contribution in [0.4, 0.5) is 9.18 Å². The molecule has 1 fully saturated rings. The van der Waals surface area contributed by atoms with Gasteiger partial charge < -0.3 is 10.2 Å². The molecular formula is C17H25FN2O. The first-order valence-electron chi connectivity index (χ1n) is 7.67. The minimum atomic E-state index is -0.235. The Morgan fingerprint density at radius 1 is 1.29 bits per heavy atom. The topological polar surface area (TPSA) is 32.3 Å². The van der Waals surface area contributed by atoms with Gasteiger partial charge in [-0.2, -0.15) is 0 Å². The van der Waals surface area contributed by atoms with Crippen LogP contribution in [0.3, 0.4) is 0 Å². The van der Waals surface area contributed by atoms with Crippen LogP contribution in [0.1, 0.15) is 39.2 Å². The number of halogens is 1. The predicted molar refractivity (Wildman–Crippen MR) is 82.8 cm³/mol. The van der Waals surface area contributed by atoms with Gasteiger partial charge in [-0.25, -0.2) is 9.18 Å². The molecule has 0 saturated carbocycles. The number of amides is 2. The van der Waals surface area contributed by atoms with E-state index in [0.717, 1.165) is 31.5 Å². The minimum Gasteiger partial charge on any atom is -0.337 e. The Bertz CT molecular complexity index is 476. The highest BCUT2D eigenvalue weighted by Crippen LogP contribution is 2.23. The standard InChI is InChI=1S/C17H25FN2O/c1-13-8-10-20(11-9-13)16(21)19-12-17(2,3)14-4-6-15(18)7-5-14/h4-7,13H,8-12H2,1-3H3,(H,19,21). The van der Waals surface area contributed by atoms with E-state index in [9.17, 15) is 9.18 Å². The molecule has 21 heavy (non-hydrogen) atoms. The lowest BCUT2D eigenvalue weighted by molar-refractivity contribution is 0.172. The number of carbonyl (C=O) groups is 1. The molecule has 1 saturated heterocycles. The van der Waals surface area contributed by atoms with Crippen LogP contribution in [0.5, 0.6) is 0 Å². The number of nitrogens with zero attached hydrogens (tertiary/aromatic N) is 1. The van der Waals surface area contributed by atoms with Crippen molar-refractivity contribution in [3.8, 4) is 0 Å². The molecule has 116 valence electrons. The van der Waals surface area contributed by atoms with Gasteiger partial charge in [0.05, 0.1) is 0 Å². The molecule has 4 heteroatoms. The summed E-state index contributed by atoms with van der Waals surface area (Å²) in [6.45, 7) is 8.56. The van der Waals surface area contributed by atoms with E-state index in [2.05, 4.69) is 26.1 Å². The van der Waals surface area contributed by atoms with Crippen molar-refractivity contribution in [1.29, 1.82) is 0 Å². The quantitative estimate of drug-likeness (QED) is 0.908. The summed E-state index contributed by atoms with van der Waals surface area (Å²) >= 11 is 0. The first kappa shape index (κ1) is 15.8. The van der Waals surface area contributed by atoms with E-state index in [1.54, 1.807) is 12.1 Å². The summed E-state index contributed by atoms with van der Waals surface area (Å²) in [5.41, 5.74) is 0.809. The zero-order valence-electron chi connectivity index (χ0n) is 13.2. The summed E-state index contributed by atoms with van der Waals surface area (Å²) in [5, 5.41) is 3.01. The maximum Gasteiger partial charge on any atom is 0.317 e. The van der Waals surface area contributed by atoms with Crippen LogP contribution in [0.2, 0.25) is 0 Å². The zero-order valence-corrected chi connectivity index (χ0v) is 13.2. The molecule has 2 amide bonds. The van der Waals surface area contributed by atoms with Crippen molar-refractivity contribution in [3.63, 3.8) is 0 Å². The molecule has 0 radical (unpaired) electrons. The maximum absolute atomic E-state index is 13.0. The third-order valence-corrected chi connectivity index (χ3v) is 4.38. The second-order valence-corrected chi connectivity index (χ2v) is 6.72. The van der Waals surface area contributed by atoms with Crippen molar-refractivity contribution < 1.29 is 9.18 Å². The Balaban J connectivity index is 1.89.